The monoisotopic (exact) mass is 122 g/mol. The molecule has 0 saturated carbocycles. The fraction of sp³-hybridized carbons (Fsp3) is 1.00. The van der Waals surface area contributed by atoms with Crippen molar-refractivity contribution in [2.75, 3.05) is 5.88 Å². The van der Waals surface area contributed by atoms with Crippen molar-refractivity contribution in [3.8, 4) is 0 Å². The first kappa shape index (κ1) is 10.3. The van der Waals surface area contributed by atoms with Crippen molar-refractivity contribution in [3.63, 3.8) is 0 Å². The van der Waals surface area contributed by atoms with E-state index in [1.54, 1.807) is 0 Å². The minimum Gasteiger partial charge on any atom is -0.127 e. The van der Waals surface area contributed by atoms with Gasteiger partial charge in [0.15, 0.2) is 0 Å². The Morgan fingerprint density at radius 3 is 1.71 bits per heavy atom. The van der Waals surface area contributed by atoms with Gasteiger partial charge in [0.1, 0.15) is 0 Å². The maximum absolute atomic E-state index is 5.30. The lowest BCUT2D eigenvalue weighted by atomic mass is 10.4. The second kappa shape index (κ2) is 16.3. The van der Waals surface area contributed by atoms with Gasteiger partial charge in [-0.15, -0.1) is 11.6 Å². The summed E-state index contributed by atoms with van der Waals surface area (Å²) < 4.78 is 0. The van der Waals surface area contributed by atoms with Gasteiger partial charge < -0.3 is 0 Å². The number of hydrogen-bond acceptors (Lipinski definition) is 0. The largest absolute Gasteiger partial charge is 0.127 e. The molecule has 0 rings (SSSR count). The Hall–Kier alpha value is 0.290. The van der Waals surface area contributed by atoms with Crippen molar-refractivity contribution in [2.45, 2.75) is 33.6 Å². The molecule has 0 aromatic rings. The van der Waals surface area contributed by atoms with Crippen LogP contribution in [0.4, 0.5) is 0 Å². The number of unbranched alkanes of at least 4 members (excludes halogenated alkanes) is 1. The van der Waals surface area contributed by atoms with Crippen LogP contribution in [0.15, 0.2) is 0 Å². The zero-order chi connectivity index (χ0) is 6.12. The predicted octanol–water partition coefficient (Wildman–Crippen LogP) is 3.05. The summed E-state index contributed by atoms with van der Waals surface area (Å²) in [5, 5.41) is 0. The fourth-order valence-electron chi connectivity index (χ4n) is 0.134. The van der Waals surface area contributed by atoms with Crippen LogP contribution in [-0.4, -0.2) is 5.88 Å². The lowest BCUT2D eigenvalue weighted by Gasteiger charge is -1.77. The highest BCUT2D eigenvalue weighted by Crippen LogP contribution is 1.86. The summed E-state index contributed by atoms with van der Waals surface area (Å²) in [6.07, 6.45) is 2.37. The van der Waals surface area contributed by atoms with Crippen LogP contribution in [0.5, 0.6) is 0 Å². The van der Waals surface area contributed by atoms with Gasteiger partial charge in [0, 0.05) is 5.88 Å². The molecule has 0 aliphatic heterocycles. The molecule has 0 aromatic carbocycles. The predicted molar refractivity (Wildman–Crippen MR) is 37.0 cm³/mol. The molecule has 0 heterocycles. The van der Waals surface area contributed by atoms with E-state index in [9.17, 15) is 0 Å². The maximum Gasteiger partial charge on any atom is 0.0223 e. The van der Waals surface area contributed by atoms with Crippen molar-refractivity contribution in [1.29, 1.82) is 0 Å². The summed E-state index contributed by atoms with van der Waals surface area (Å²) in [4.78, 5) is 0. The van der Waals surface area contributed by atoms with Crippen LogP contribution >= 0.6 is 11.6 Å². The van der Waals surface area contributed by atoms with E-state index in [0.717, 1.165) is 12.3 Å². The van der Waals surface area contributed by atoms with Crippen LogP contribution in [0.25, 0.3) is 0 Å². The SMILES string of the molecule is CC.CCCCCl. The highest BCUT2D eigenvalue weighted by atomic mass is 35.5. The molecule has 0 aliphatic rings. The number of halogens is 1. The Morgan fingerprint density at radius 2 is 1.71 bits per heavy atom. The summed E-state index contributed by atoms with van der Waals surface area (Å²) in [6, 6.07) is 0. The Bertz CT molecular complexity index is 11.7. The molecule has 0 amide bonds. The molecule has 1 heteroatoms. The van der Waals surface area contributed by atoms with Gasteiger partial charge in [0.25, 0.3) is 0 Å². The lowest BCUT2D eigenvalue weighted by molar-refractivity contribution is 0.892. The average Bonchev–Trinajstić information content (AvgIpc) is 1.75. The van der Waals surface area contributed by atoms with E-state index in [2.05, 4.69) is 6.92 Å². The van der Waals surface area contributed by atoms with Gasteiger partial charge in [0.05, 0.1) is 0 Å². The van der Waals surface area contributed by atoms with Gasteiger partial charge in [-0.3, -0.25) is 0 Å². The van der Waals surface area contributed by atoms with Crippen LogP contribution < -0.4 is 0 Å². The van der Waals surface area contributed by atoms with Crippen molar-refractivity contribution < 1.29 is 0 Å². The Morgan fingerprint density at radius 1 is 1.29 bits per heavy atom. The summed E-state index contributed by atoms with van der Waals surface area (Å²) in [6.45, 7) is 6.13. The third kappa shape index (κ3) is 22.1. The molecule has 0 spiro atoms. The molecule has 0 fully saturated rings. The molecule has 0 N–H and O–H groups in total. The van der Waals surface area contributed by atoms with Crippen LogP contribution in [0.2, 0.25) is 0 Å². The van der Waals surface area contributed by atoms with Crippen LogP contribution in [0.1, 0.15) is 33.6 Å². The fourth-order valence-corrected chi connectivity index (χ4v) is 0.401. The quantitative estimate of drug-likeness (QED) is 0.494. The second-order valence-electron chi connectivity index (χ2n) is 1.04. The Labute approximate surface area is 51.9 Å². The molecule has 0 saturated heterocycles. The lowest BCUT2D eigenvalue weighted by Crippen LogP contribution is -1.65. The molecule has 46 valence electrons. The van der Waals surface area contributed by atoms with Crippen molar-refractivity contribution in [2.24, 2.45) is 0 Å². The van der Waals surface area contributed by atoms with E-state index in [1.165, 1.54) is 6.42 Å². The minimum atomic E-state index is 0.816. The third-order valence-electron chi connectivity index (χ3n) is 0.487. The Kier molecular flexibility index (Phi) is 23.9. The molecule has 0 aliphatic carbocycles. The van der Waals surface area contributed by atoms with Crippen LogP contribution in [0, 0.1) is 0 Å². The molecule has 0 nitrogen and oxygen atoms in total. The molecule has 0 atom stereocenters. The summed E-state index contributed by atoms with van der Waals surface area (Å²) in [5.41, 5.74) is 0. The standard InChI is InChI=1S/C4H9Cl.C2H6/c1-2-3-4-5;1-2/h2-4H2,1H3;1-2H3. The first-order valence-corrected chi connectivity index (χ1v) is 3.51. The van der Waals surface area contributed by atoms with E-state index >= 15 is 0 Å². The highest BCUT2D eigenvalue weighted by Gasteiger charge is 1.70. The van der Waals surface area contributed by atoms with Gasteiger partial charge in [-0.25, -0.2) is 0 Å². The first-order chi connectivity index (χ1) is 3.41. The molecule has 0 bridgehead atoms. The van der Waals surface area contributed by atoms with Crippen molar-refractivity contribution in [1.82, 2.24) is 0 Å². The maximum atomic E-state index is 5.30. The molecular formula is C6H15Cl. The normalized spacial score (nSPS) is 6.86. The zero-order valence-corrected chi connectivity index (χ0v) is 6.26. The molecule has 0 unspecified atom stereocenters. The van der Waals surface area contributed by atoms with Gasteiger partial charge in [-0.1, -0.05) is 27.2 Å². The van der Waals surface area contributed by atoms with E-state index < -0.39 is 0 Å². The molecular weight excluding hydrogens is 108 g/mol. The van der Waals surface area contributed by atoms with E-state index in [-0.39, 0.29) is 0 Å². The Balaban J connectivity index is 0. The smallest absolute Gasteiger partial charge is 0.0223 e. The van der Waals surface area contributed by atoms with E-state index in [4.69, 9.17) is 11.6 Å². The highest BCUT2D eigenvalue weighted by molar-refractivity contribution is 6.17. The van der Waals surface area contributed by atoms with Gasteiger partial charge in [-0.2, -0.15) is 0 Å². The summed E-state index contributed by atoms with van der Waals surface area (Å²) in [5.74, 6) is 0.816. The van der Waals surface area contributed by atoms with E-state index in [1.807, 2.05) is 13.8 Å². The number of rotatable bonds is 2. The molecule has 0 aromatic heterocycles. The van der Waals surface area contributed by atoms with Crippen molar-refractivity contribution >= 4 is 11.6 Å². The molecule has 7 heavy (non-hydrogen) atoms. The first-order valence-electron chi connectivity index (χ1n) is 2.97. The summed E-state index contributed by atoms with van der Waals surface area (Å²) >= 11 is 5.30. The third-order valence-corrected chi connectivity index (χ3v) is 0.754. The minimum absolute atomic E-state index is 0.816. The topological polar surface area (TPSA) is 0 Å². The van der Waals surface area contributed by atoms with Crippen LogP contribution in [-0.2, 0) is 0 Å². The van der Waals surface area contributed by atoms with Gasteiger partial charge in [0.2, 0.25) is 0 Å². The number of alkyl halides is 1. The molecule has 0 radical (unpaired) electrons. The van der Waals surface area contributed by atoms with Crippen molar-refractivity contribution in [3.05, 3.63) is 0 Å². The second-order valence-corrected chi connectivity index (χ2v) is 1.42. The average molecular weight is 123 g/mol. The summed E-state index contributed by atoms with van der Waals surface area (Å²) in [7, 11) is 0. The number of hydrogen-bond donors (Lipinski definition) is 0. The van der Waals surface area contributed by atoms with E-state index in [0.29, 0.717) is 0 Å². The zero-order valence-electron chi connectivity index (χ0n) is 5.50. The van der Waals surface area contributed by atoms with Gasteiger partial charge >= 0.3 is 0 Å². The van der Waals surface area contributed by atoms with Gasteiger partial charge in [-0.05, 0) is 6.42 Å². The van der Waals surface area contributed by atoms with Crippen LogP contribution in [0.3, 0.4) is 0 Å².